The van der Waals surface area contributed by atoms with Crippen LogP contribution in [0.2, 0.25) is 10.0 Å². The molecule has 29 heavy (non-hydrogen) atoms. The number of para-hydroxylation sites is 1. The van der Waals surface area contributed by atoms with Crippen LogP contribution in [0, 0.1) is 6.92 Å². The van der Waals surface area contributed by atoms with E-state index in [0.717, 1.165) is 15.8 Å². The fourth-order valence-corrected chi connectivity index (χ4v) is 4.23. The second-order valence-electron chi connectivity index (χ2n) is 6.14. The van der Waals surface area contributed by atoms with E-state index in [1.54, 1.807) is 24.3 Å². The summed E-state index contributed by atoms with van der Waals surface area (Å²) in [5, 5.41) is 7.32. The zero-order valence-electron chi connectivity index (χ0n) is 15.0. The molecule has 0 spiro atoms. The van der Waals surface area contributed by atoms with Crippen molar-refractivity contribution in [1.29, 1.82) is 0 Å². The SMILES string of the molecule is Cc1ccc(-c2ccc(C(=O)NC(=S)Nc3nc4c(Cl)cccc4s3)o2)cc1Cl. The molecule has 2 aromatic carbocycles. The minimum atomic E-state index is -0.467. The van der Waals surface area contributed by atoms with E-state index in [1.807, 2.05) is 31.2 Å². The number of hydrogen-bond acceptors (Lipinski definition) is 5. The fourth-order valence-electron chi connectivity index (χ4n) is 2.62. The molecular formula is C20H13Cl2N3O2S2. The van der Waals surface area contributed by atoms with Gasteiger partial charge in [-0.05, 0) is 55.0 Å². The Balaban J connectivity index is 1.44. The van der Waals surface area contributed by atoms with Gasteiger partial charge in [-0.3, -0.25) is 10.1 Å². The number of fused-ring (bicyclic) bond motifs is 1. The van der Waals surface area contributed by atoms with Crippen molar-refractivity contribution in [2.24, 2.45) is 0 Å². The number of carbonyl (C=O) groups is 1. The predicted octanol–water partition coefficient (Wildman–Crippen LogP) is 6.30. The zero-order chi connectivity index (χ0) is 20.5. The van der Waals surface area contributed by atoms with Crippen LogP contribution in [-0.4, -0.2) is 16.0 Å². The minimum Gasteiger partial charge on any atom is -0.451 e. The lowest BCUT2D eigenvalue weighted by Crippen LogP contribution is -2.33. The number of carbonyl (C=O) groups excluding carboxylic acids is 1. The van der Waals surface area contributed by atoms with Gasteiger partial charge in [0, 0.05) is 10.6 Å². The maximum absolute atomic E-state index is 12.4. The van der Waals surface area contributed by atoms with Crippen LogP contribution in [0.25, 0.3) is 21.5 Å². The predicted molar refractivity (Wildman–Crippen MR) is 122 cm³/mol. The first-order valence-electron chi connectivity index (χ1n) is 8.44. The second-order valence-corrected chi connectivity index (χ2v) is 8.40. The van der Waals surface area contributed by atoms with Gasteiger partial charge < -0.3 is 9.73 Å². The standard InChI is InChI=1S/C20H13Cl2N3O2S2/c1-10-5-6-11(9-13(10)22)14-7-8-15(27-14)18(26)24-19(28)25-20-23-17-12(21)3-2-4-16(17)29-20/h2-9H,1H3,(H2,23,24,25,26,28). The number of halogens is 2. The number of aryl methyl sites for hydroxylation is 1. The van der Waals surface area contributed by atoms with Gasteiger partial charge in [0.2, 0.25) is 0 Å². The molecule has 0 bridgehead atoms. The number of aromatic nitrogens is 1. The number of anilines is 1. The van der Waals surface area contributed by atoms with Gasteiger partial charge in [-0.1, -0.05) is 52.7 Å². The van der Waals surface area contributed by atoms with Gasteiger partial charge in [-0.2, -0.15) is 0 Å². The summed E-state index contributed by atoms with van der Waals surface area (Å²) in [4.78, 5) is 16.8. The van der Waals surface area contributed by atoms with E-state index in [1.165, 1.54) is 11.3 Å². The molecule has 0 saturated carbocycles. The van der Waals surface area contributed by atoms with E-state index in [9.17, 15) is 4.79 Å². The summed E-state index contributed by atoms with van der Waals surface area (Å²) >= 11 is 18.9. The molecule has 9 heteroatoms. The van der Waals surface area contributed by atoms with Crippen LogP contribution in [0.4, 0.5) is 5.13 Å². The van der Waals surface area contributed by atoms with Crippen molar-refractivity contribution < 1.29 is 9.21 Å². The highest BCUT2D eigenvalue weighted by Crippen LogP contribution is 2.30. The molecule has 2 N–H and O–H groups in total. The Morgan fingerprint density at radius 2 is 1.97 bits per heavy atom. The normalized spacial score (nSPS) is 10.9. The Labute approximate surface area is 185 Å². The van der Waals surface area contributed by atoms with Gasteiger partial charge in [0.1, 0.15) is 11.3 Å². The molecule has 0 aliphatic rings. The molecule has 1 amide bonds. The Kier molecular flexibility index (Phi) is 5.56. The van der Waals surface area contributed by atoms with Crippen molar-refractivity contribution >= 4 is 73.1 Å². The Morgan fingerprint density at radius 3 is 2.72 bits per heavy atom. The van der Waals surface area contributed by atoms with Gasteiger partial charge >= 0.3 is 0 Å². The van der Waals surface area contributed by atoms with Crippen LogP contribution >= 0.6 is 46.8 Å². The number of nitrogens with zero attached hydrogens (tertiary/aromatic N) is 1. The largest absolute Gasteiger partial charge is 0.451 e. The smallest absolute Gasteiger partial charge is 0.293 e. The highest BCUT2D eigenvalue weighted by Gasteiger charge is 2.15. The van der Waals surface area contributed by atoms with Gasteiger partial charge in [-0.15, -0.1) is 0 Å². The summed E-state index contributed by atoms with van der Waals surface area (Å²) in [6, 6.07) is 14.4. The first kappa shape index (κ1) is 19.8. The van der Waals surface area contributed by atoms with Crippen molar-refractivity contribution in [2.45, 2.75) is 6.92 Å². The minimum absolute atomic E-state index is 0.113. The highest BCUT2D eigenvalue weighted by molar-refractivity contribution is 7.80. The molecule has 0 saturated heterocycles. The Bertz CT molecular complexity index is 1250. The number of rotatable bonds is 3. The Morgan fingerprint density at radius 1 is 1.14 bits per heavy atom. The maximum Gasteiger partial charge on any atom is 0.293 e. The lowest BCUT2D eigenvalue weighted by molar-refractivity contribution is 0.0951. The van der Waals surface area contributed by atoms with E-state index < -0.39 is 5.91 Å². The van der Waals surface area contributed by atoms with Crippen LogP contribution in [0.1, 0.15) is 16.1 Å². The third-order valence-corrected chi connectivity index (χ3v) is 5.96. The molecule has 2 aromatic heterocycles. The van der Waals surface area contributed by atoms with Crippen molar-refractivity contribution in [3.63, 3.8) is 0 Å². The fraction of sp³-hybridized carbons (Fsp3) is 0.0500. The quantitative estimate of drug-likeness (QED) is 0.350. The van der Waals surface area contributed by atoms with Crippen molar-refractivity contribution in [1.82, 2.24) is 10.3 Å². The molecule has 0 fully saturated rings. The molecule has 0 radical (unpaired) electrons. The zero-order valence-corrected chi connectivity index (χ0v) is 18.1. The number of furan rings is 1. The molecule has 2 heterocycles. The van der Waals surface area contributed by atoms with Gasteiger partial charge in [0.15, 0.2) is 16.0 Å². The first-order chi connectivity index (χ1) is 13.9. The molecule has 4 rings (SSSR count). The molecule has 0 atom stereocenters. The molecule has 0 unspecified atom stereocenters. The third kappa shape index (κ3) is 4.28. The van der Waals surface area contributed by atoms with Crippen molar-refractivity contribution in [3.05, 3.63) is 69.9 Å². The highest BCUT2D eigenvalue weighted by atomic mass is 35.5. The van der Waals surface area contributed by atoms with Crippen LogP contribution < -0.4 is 10.6 Å². The Hall–Kier alpha value is -2.45. The average molecular weight is 462 g/mol. The number of benzene rings is 2. The maximum atomic E-state index is 12.4. The topological polar surface area (TPSA) is 67.2 Å². The molecule has 0 aliphatic heterocycles. The van der Waals surface area contributed by atoms with Crippen molar-refractivity contribution in [2.75, 3.05) is 5.32 Å². The molecule has 5 nitrogen and oxygen atoms in total. The first-order valence-corrected chi connectivity index (χ1v) is 10.4. The monoisotopic (exact) mass is 461 g/mol. The second kappa shape index (κ2) is 8.12. The summed E-state index contributed by atoms with van der Waals surface area (Å²) in [5.74, 6) is 0.205. The number of thiocarbonyl (C=S) groups is 1. The van der Waals surface area contributed by atoms with Crippen LogP contribution in [0.3, 0.4) is 0 Å². The van der Waals surface area contributed by atoms with E-state index >= 15 is 0 Å². The number of amides is 1. The van der Waals surface area contributed by atoms with E-state index in [-0.39, 0.29) is 10.9 Å². The summed E-state index contributed by atoms with van der Waals surface area (Å²) < 4.78 is 6.57. The van der Waals surface area contributed by atoms with Gasteiger partial charge in [-0.25, -0.2) is 4.98 Å². The van der Waals surface area contributed by atoms with Gasteiger partial charge in [0.05, 0.1) is 9.72 Å². The van der Waals surface area contributed by atoms with E-state index in [4.69, 9.17) is 39.8 Å². The van der Waals surface area contributed by atoms with Gasteiger partial charge in [0.25, 0.3) is 5.91 Å². The number of thiazole rings is 1. The summed E-state index contributed by atoms with van der Waals surface area (Å²) in [6.07, 6.45) is 0. The van der Waals surface area contributed by atoms with Crippen molar-refractivity contribution in [3.8, 4) is 11.3 Å². The lowest BCUT2D eigenvalue weighted by Gasteiger charge is -2.05. The summed E-state index contributed by atoms with van der Waals surface area (Å²) in [7, 11) is 0. The van der Waals surface area contributed by atoms with E-state index in [2.05, 4.69) is 15.6 Å². The number of hydrogen-bond donors (Lipinski definition) is 2. The molecule has 146 valence electrons. The molecule has 4 aromatic rings. The van der Waals surface area contributed by atoms with E-state index in [0.29, 0.717) is 26.5 Å². The average Bonchev–Trinajstić information content (AvgIpc) is 3.31. The summed E-state index contributed by atoms with van der Waals surface area (Å²) in [6.45, 7) is 1.92. The lowest BCUT2D eigenvalue weighted by atomic mass is 10.1. The number of nitrogens with one attached hydrogen (secondary N) is 2. The van der Waals surface area contributed by atoms with Crippen LogP contribution in [0.5, 0.6) is 0 Å². The molecule has 0 aliphatic carbocycles. The van der Waals surface area contributed by atoms with Crippen LogP contribution in [0.15, 0.2) is 52.9 Å². The third-order valence-electron chi connectivity index (χ3n) is 4.10. The van der Waals surface area contributed by atoms with Crippen LogP contribution in [-0.2, 0) is 0 Å². The molecular weight excluding hydrogens is 449 g/mol. The summed E-state index contributed by atoms with van der Waals surface area (Å²) in [5.41, 5.74) is 2.43.